The standard InChI is InChI=1S/C14H20N2O2.C2HF3O2/c17-14(18)16(10-12-4-2-1-3-5-12)11-13-6-8-15-9-7-13;3-2(4,5)1(6)7/h1-5,13,15H,6-11H2,(H,17,18);(H,6,7). The van der Waals surface area contributed by atoms with E-state index >= 15 is 0 Å². The second-order valence-corrected chi connectivity index (χ2v) is 5.64. The predicted octanol–water partition coefficient (Wildman–Crippen LogP) is 2.80. The summed E-state index contributed by atoms with van der Waals surface area (Å²) in [5.74, 6) is -2.27. The fourth-order valence-electron chi connectivity index (χ4n) is 2.39. The smallest absolute Gasteiger partial charge is 0.475 e. The quantitative estimate of drug-likeness (QED) is 0.766. The number of hydrogen-bond acceptors (Lipinski definition) is 3. The number of hydrogen-bond donors (Lipinski definition) is 3. The van der Waals surface area contributed by atoms with Crippen molar-refractivity contribution in [3.63, 3.8) is 0 Å². The molecule has 0 bridgehead atoms. The molecule has 9 heteroatoms. The Morgan fingerprint density at radius 1 is 1.12 bits per heavy atom. The molecule has 1 amide bonds. The van der Waals surface area contributed by atoms with Crippen LogP contribution >= 0.6 is 0 Å². The van der Waals surface area contributed by atoms with Crippen molar-refractivity contribution in [2.75, 3.05) is 19.6 Å². The molecule has 1 aromatic rings. The molecule has 0 spiro atoms. The van der Waals surface area contributed by atoms with Crippen molar-refractivity contribution < 1.29 is 33.0 Å². The van der Waals surface area contributed by atoms with E-state index in [0.717, 1.165) is 31.5 Å². The van der Waals surface area contributed by atoms with Crippen LogP contribution in [0.1, 0.15) is 18.4 Å². The number of amides is 1. The Labute approximate surface area is 143 Å². The Kier molecular flexibility index (Phi) is 8.20. The zero-order chi connectivity index (χ0) is 18.9. The normalized spacial score (nSPS) is 15.0. The minimum absolute atomic E-state index is 0.486. The highest BCUT2D eigenvalue weighted by atomic mass is 19.4. The van der Waals surface area contributed by atoms with Crippen LogP contribution in [-0.4, -0.2) is 53.0 Å². The van der Waals surface area contributed by atoms with E-state index in [1.54, 1.807) is 0 Å². The second-order valence-electron chi connectivity index (χ2n) is 5.64. The lowest BCUT2D eigenvalue weighted by Crippen LogP contribution is -2.38. The molecule has 1 fully saturated rings. The molecule has 25 heavy (non-hydrogen) atoms. The molecular weight excluding hydrogens is 341 g/mol. The average molecular weight is 362 g/mol. The number of rotatable bonds is 4. The molecule has 0 unspecified atom stereocenters. The molecule has 140 valence electrons. The zero-order valence-electron chi connectivity index (χ0n) is 13.5. The van der Waals surface area contributed by atoms with Crippen molar-refractivity contribution in [1.82, 2.24) is 10.2 Å². The number of benzene rings is 1. The first-order valence-corrected chi connectivity index (χ1v) is 7.72. The molecule has 0 atom stereocenters. The lowest BCUT2D eigenvalue weighted by atomic mass is 9.97. The number of alkyl halides is 3. The maximum Gasteiger partial charge on any atom is 0.490 e. The van der Waals surface area contributed by atoms with Crippen LogP contribution in [0.5, 0.6) is 0 Å². The second kappa shape index (κ2) is 9.87. The van der Waals surface area contributed by atoms with Crippen LogP contribution in [0.4, 0.5) is 18.0 Å². The predicted molar refractivity (Wildman–Crippen MR) is 84.2 cm³/mol. The first-order chi connectivity index (χ1) is 11.7. The summed E-state index contributed by atoms with van der Waals surface area (Å²) in [4.78, 5) is 21.7. The maximum atomic E-state index is 11.3. The molecule has 0 aliphatic carbocycles. The highest BCUT2D eigenvalue weighted by Crippen LogP contribution is 2.15. The van der Waals surface area contributed by atoms with E-state index < -0.39 is 18.2 Å². The zero-order valence-corrected chi connectivity index (χ0v) is 13.5. The number of piperidine rings is 1. The van der Waals surface area contributed by atoms with Crippen molar-refractivity contribution in [3.05, 3.63) is 35.9 Å². The Bertz CT molecular complexity index is 546. The van der Waals surface area contributed by atoms with Gasteiger partial charge in [0.15, 0.2) is 0 Å². The minimum atomic E-state index is -5.08. The summed E-state index contributed by atoms with van der Waals surface area (Å²) >= 11 is 0. The average Bonchev–Trinajstić information content (AvgIpc) is 2.56. The van der Waals surface area contributed by atoms with Crippen LogP contribution in [0.2, 0.25) is 0 Å². The van der Waals surface area contributed by atoms with Crippen molar-refractivity contribution in [3.8, 4) is 0 Å². The fourth-order valence-corrected chi connectivity index (χ4v) is 2.39. The van der Waals surface area contributed by atoms with E-state index in [0.29, 0.717) is 19.0 Å². The number of carboxylic acids is 1. The largest absolute Gasteiger partial charge is 0.490 e. The molecule has 1 heterocycles. The Morgan fingerprint density at radius 3 is 2.08 bits per heavy atom. The number of halogens is 3. The molecule has 0 radical (unpaired) electrons. The fraction of sp³-hybridized carbons (Fsp3) is 0.500. The van der Waals surface area contributed by atoms with E-state index in [4.69, 9.17) is 9.90 Å². The number of aliphatic carboxylic acids is 1. The molecule has 6 nitrogen and oxygen atoms in total. The van der Waals surface area contributed by atoms with Gasteiger partial charge in [-0.05, 0) is 37.4 Å². The summed E-state index contributed by atoms with van der Waals surface area (Å²) in [7, 11) is 0. The Hall–Kier alpha value is -2.29. The third-order valence-corrected chi connectivity index (χ3v) is 3.67. The van der Waals surface area contributed by atoms with E-state index in [2.05, 4.69) is 5.32 Å². The molecule has 2 rings (SSSR count). The van der Waals surface area contributed by atoms with Crippen LogP contribution in [0, 0.1) is 5.92 Å². The third kappa shape index (κ3) is 8.39. The van der Waals surface area contributed by atoms with Gasteiger partial charge >= 0.3 is 18.2 Å². The number of nitrogens with one attached hydrogen (secondary N) is 1. The highest BCUT2D eigenvalue weighted by molar-refractivity contribution is 5.73. The number of nitrogens with zero attached hydrogens (tertiary/aromatic N) is 1. The topological polar surface area (TPSA) is 89.9 Å². The number of carbonyl (C=O) groups is 2. The van der Waals surface area contributed by atoms with Crippen LogP contribution in [-0.2, 0) is 11.3 Å². The van der Waals surface area contributed by atoms with E-state index in [1.165, 1.54) is 4.90 Å². The monoisotopic (exact) mass is 362 g/mol. The van der Waals surface area contributed by atoms with Crippen LogP contribution in [0.3, 0.4) is 0 Å². The molecule has 1 saturated heterocycles. The van der Waals surface area contributed by atoms with Crippen molar-refractivity contribution in [1.29, 1.82) is 0 Å². The van der Waals surface area contributed by atoms with Crippen LogP contribution < -0.4 is 5.32 Å². The Balaban J connectivity index is 0.000000381. The van der Waals surface area contributed by atoms with Crippen LogP contribution in [0.15, 0.2) is 30.3 Å². The van der Waals surface area contributed by atoms with Gasteiger partial charge in [0.25, 0.3) is 0 Å². The van der Waals surface area contributed by atoms with Gasteiger partial charge in [0.1, 0.15) is 0 Å². The molecular formula is C16H21F3N2O4. The summed E-state index contributed by atoms with van der Waals surface area (Å²) in [5, 5.41) is 19.7. The maximum absolute atomic E-state index is 11.3. The third-order valence-electron chi connectivity index (χ3n) is 3.67. The van der Waals surface area contributed by atoms with Gasteiger partial charge in [-0.25, -0.2) is 9.59 Å². The molecule has 1 aliphatic heterocycles. The van der Waals surface area contributed by atoms with Gasteiger partial charge in [-0.2, -0.15) is 13.2 Å². The highest BCUT2D eigenvalue weighted by Gasteiger charge is 2.38. The van der Waals surface area contributed by atoms with E-state index in [-0.39, 0.29) is 0 Å². The van der Waals surface area contributed by atoms with E-state index in [1.807, 2.05) is 30.3 Å². The lowest BCUT2D eigenvalue weighted by molar-refractivity contribution is -0.192. The van der Waals surface area contributed by atoms with Gasteiger partial charge in [-0.3, -0.25) is 0 Å². The van der Waals surface area contributed by atoms with Crippen LogP contribution in [0.25, 0.3) is 0 Å². The summed E-state index contributed by atoms with van der Waals surface area (Å²) < 4.78 is 31.7. The van der Waals surface area contributed by atoms with Gasteiger partial charge in [0.2, 0.25) is 0 Å². The number of carboxylic acid groups (broad SMARTS) is 2. The summed E-state index contributed by atoms with van der Waals surface area (Å²) in [6.45, 7) is 3.14. The van der Waals surface area contributed by atoms with Crippen molar-refractivity contribution >= 4 is 12.1 Å². The lowest BCUT2D eigenvalue weighted by Gasteiger charge is -2.28. The van der Waals surface area contributed by atoms with E-state index in [9.17, 15) is 23.1 Å². The minimum Gasteiger partial charge on any atom is -0.475 e. The molecule has 1 aliphatic rings. The molecule has 1 aromatic carbocycles. The molecule has 0 saturated carbocycles. The first-order valence-electron chi connectivity index (χ1n) is 7.72. The van der Waals surface area contributed by atoms with Gasteiger partial charge in [0.05, 0.1) is 0 Å². The van der Waals surface area contributed by atoms with Gasteiger partial charge < -0.3 is 20.4 Å². The molecule has 0 aromatic heterocycles. The van der Waals surface area contributed by atoms with Gasteiger partial charge in [-0.15, -0.1) is 0 Å². The van der Waals surface area contributed by atoms with Gasteiger partial charge in [0, 0.05) is 13.1 Å². The summed E-state index contributed by atoms with van der Waals surface area (Å²) in [6, 6.07) is 9.78. The molecule has 3 N–H and O–H groups in total. The first kappa shape index (κ1) is 20.8. The van der Waals surface area contributed by atoms with Gasteiger partial charge in [-0.1, -0.05) is 30.3 Å². The summed E-state index contributed by atoms with van der Waals surface area (Å²) in [6.07, 6.45) is -3.77. The van der Waals surface area contributed by atoms with Crippen molar-refractivity contribution in [2.24, 2.45) is 5.92 Å². The summed E-state index contributed by atoms with van der Waals surface area (Å²) in [5.41, 5.74) is 1.05. The van der Waals surface area contributed by atoms with Crippen molar-refractivity contribution in [2.45, 2.75) is 25.6 Å². The SMILES string of the molecule is O=C(O)C(F)(F)F.O=C(O)N(Cc1ccccc1)CC1CCNCC1. The Morgan fingerprint density at radius 2 is 1.64 bits per heavy atom.